The fourth-order valence-electron chi connectivity index (χ4n) is 2.49. The Kier molecular flexibility index (Phi) is 4.94. The highest BCUT2D eigenvalue weighted by Gasteiger charge is 2.39. The molecule has 0 aromatic heterocycles. The lowest BCUT2D eigenvalue weighted by Crippen LogP contribution is -2.21. The van der Waals surface area contributed by atoms with Crippen molar-refractivity contribution in [3.05, 3.63) is 48.5 Å². The van der Waals surface area contributed by atoms with Gasteiger partial charge in [-0.15, -0.1) is 0 Å². The molecule has 1 aliphatic heterocycles. The van der Waals surface area contributed by atoms with E-state index in [2.05, 4.69) is 62.4 Å². The molecule has 0 fully saturated rings. The van der Waals surface area contributed by atoms with E-state index in [1.54, 1.807) is 0 Å². The summed E-state index contributed by atoms with van der Waals surface area (Å²) in [6, 6.07) is 17.3. The molecule has 0 amide bonds. The van der Waals surface area contributed by atoms with Gasteiger partial charge in [0.05, 0.1) is 9.79 Å². The fraction of sp³-hybridized carbons (Fsp3) is 0.333. The summed E-state index contributed by atoms with van der Waals surface area (Å²) in [6.07, 6.45) is 3.74. The minimum atomic E-state index is -0.247. The predicted octanol–water partition coefficient (Wildman–Crippen LogP) is 5.70. The molecule has 2 aromatic carbocycles. The van der Waals surface area contributed by atoms with Crippen molar-refractivity contribution < 1.29 is 4.18 Å². The molecule has 0 radical (unpaired) electrons. The van der Waals surface area contributed by atoms with Crippen LogP contribution >= 0.6 is 11.8 Å². The second-order valence-electron chi connectivity index (χ2n) is 5.18. The summed E-state index contributed by atoms with van der Waals surface area (Å²) in [4.78, 5) is 5.36. The molecule has 0 spiro atoms. The van der Waals surface area contributed by atoms with E-state index in [0.29, 0.717) is 6.10 Å². The van der Waals surface area contributed by atoms with Crippen molar-refractivity contribution in [1.82, 2.24) is 0 Å². The van der Waals surface area contributed by atoms with Gasteiger partial charge in [0.25, 0.3) is 0 Å². The molecular formula is C18H21OS2+. The molecule has 1 nitrogen and oxygen atoms in total. The van der Waals surface area contributed by atoms with Crippen molar-refractivity contribution in [2.75, 3.05) is 0 Å². The molecule has 0 aliphatic carbocycles. The molecule has 3 heteroatoms. The van der Waals surface area contributed by atoms with E-state index in [1.807, 2.05) is 11.8 Å². The van der Waals surface area contributed by atoms with Gasteiger partial charge in [-0.2, -0.15) is 4.18 Å². The average Bonchev–Trinajstić information content (AvgIpc) is 2.53. The summed E-state index contributed by atoms with van der Waals surface area (Å²) in [5.41, 5.74) is 0. The van der Waals surface area contributed by atoms with Gasteiger partial charge < -0.3 is 0 Å². The van der Waals surface area contributed by atoms with Crippen LogP contribution < -0.4 is 0 Å². The number of hydrogen-bond donors (Lipinski definition) is 0. The van der Waals surface area contributed by atoms with Crippen LogP contribution in [0.15, 0.2) is 68.1 Å². The zero-order valence-corrected chi connectivity index (χ0v) is 14.2. The molecule has 1 atom stereocenters. The quantitative estimate of drug-likeness (QED) is 0.654. The van der Waals surface area contributed by atoms with Gasteiger partial charge in [-0.05, 0) is 37.1 Å². The Morgan fingerprint density at radius 1 is 0.952 bits per heavy atom. The topological polar surface area (TPSA) is 9.23 Å². The average molecular weight is 317 g/mol. The van der Waals surface area contributed by atoms with Gasteiger partial charge in [-0.25, -0.2) is 0 Å². The molecule has 0 saturated heterocycles. The second-order valence-corrected chi connectivity index (χ2v) is 7.87. The Morgan fingerprint density at radius 2 is 1.52 bits per heavy atom. The molecule has 0 saturated carbocycles. The maximum atomic E-state index is 6.55. The molecule has 1 heterocycles. The maximum absolute atomic E-state index is 6.55. The maximum Gasteiger partial charge on any atom is 0.225 e. The van der Waals surface area contributed by atoms with E-state index in [-0.39, 0.29) is 11.2 Å². The third-order valence-electron chi connectivity index (χ3n) is 3.62. The first-order chi connectivity index (χ1) is 10.3. The molecule has 3 rings (SSSR count). The lowest BCUT2D eigenvalue weighted by molar-refractivity contribution is 0.213. The summed E-state index contributed by atoms with van der Waals surface area (Å²) < 4.78 is 6.55. The van der Waals surface area contributed by atoms with Crippen molar-refractivity contribution in [3.8, 4) is 0 Å². The summed E-state index contributed by atoms with van der Waals surface area (Å²) >= 11 is 1.61. The van der Waals surface area contributed by atoms with Gasteiger partial charge >= 0.3 is 0 Å². The van der Waals surface area contributed by atoms with Gasteiger partial charge in [-0.1, -0.05) is 56.3 Å². The van der Waals surface area contributed by atoms with E-state index in [0.717, 1.165) is 12.8 Å². The van der Waals surface area contributed by atoms with Crippen molar-refractivity contribution in [3.63, 3.8) is 0 Å². The number of rotatable bonds is 5. The molecule has 0 bridgehead atoms. The minimum Gasteiger partial charge on any atom is -0.158 e. The third-order valence-corrected chi connectivity index (χ3v) is 7.00. The Labute approximate surface area is 134 Å². The number of benzene rings is 2. The van der Waals surface area contributed by atoms with Gasteiger partial charge in [0, 0.05) is 0 Å². The van der Waals surface area contributed by atoms with Crippen LogP contribution in [0, 0.1) is 0 Å². The summed E-state index contributed by atoms with van der Waals surface area (Å²) in [7, 11) is 0. The zero-order chi connectivity index (χ0) is 14.7. The Balaban J connectivity index is 1.98. The van der Waals surface area contributed by atoms with Crippen LogP contribution in [0.4, 0.5) is 0 Å². The first-order valence-corrected chi connectivity index (χ1v) is 9.57. The SMILES string of the molecule is CCCC(CC)O[S+]1c2ccccc2Sc2ccccc21. The van der Waals surface area contributed by atoms with E-state index < -0.39 is 0 Å². The highest BCUT2D eigenvalue weighted by atomic mass is 32.2. The molecular weight excluding hydrogens is 296 g/mol. The van der Waals surface area contributed by atoms with Crippen LogP contribution in [0.25, 0.3) is 0 Å². The molecule has 1 aliphatic rings. The summed E-state index contributed by atoms with van der Waals surface area (Å²) in [6.45, 7) is 4.45. The Morgan fingerprint density at radius 3 is 2.05 bits per heavy atom. The lowest BCUT2D eigenvalue weighted by atomic mass is 10.2. The zero-order valence-electron chi connectivity index (χ0n) is 12.5. The van der Waals surface area contributed by atoms with Crippen molar-refractivity contribution in [1.29, 1.82) is 0 Å². The molecule has 2 aromatic rings. The van der Waals surface area contributed by atoms with Crippen LogP contribution in [0.2, 0.25) is 0 Å². The normalized spacial score (nSPS) is 15.3. The monoisotopic (exact) mass is 317 g/mol. The molecule has 110 valence electrons. The standard InChI is InChI=1S/C18H21OS2/c1-3-9-14(4-2)19-21-17-12-7-5-10-15(17)20-16-11-6-8-13-18(16)21/h5-8,10-14H,3-4,9H2,1-2H3/q+1. The molecule has 0 N–H and O–H groups in total. The van der Waals surface area contributed by atoms with Crippen molar-refractivity contribution >= 4 is 22.9 Å². The van der Waals surface area contributed by atoms with Crippen molar-refractivity contribution in [2.24, 2.45) is 0 Å². The Bertz CT molecular complexity index is 566. The lowest BCUT2D eigenvalue weighted by Gasteiger charge is -2.20. The van der Waals surface area contributed by atoms with E-state index in [9.17, 15) is 0 Å². The van der Waals surface area contributed by atoms with Crippen LogP contribution in [0.5, 0.6) is 0 Å². The third kappa shape index (κ3) is 3.15. The first kappa shape index (κ1) is 15.0. The van der Waals surface area contributed by atoms with Crippen LogP contribution in [0.3, 0.4) is 0 Å². The predicted molar refractivity (Wildman–Crippen MR) is 91.0 cm³/mol. The number of hydrogen-bond acceptors (Lipinski definition) is 2. The van der Waals surface area contributed by atoms with Crippen LogP contribution in [-0.2, 0) is 15.4 Å². The van der Waals surface area contributed by atoms with Gasteiger partial charge in [-0.3, -0.25) is 0 Å². The van der Waals surface area contributed by atoms with E-state index >= 15 is 0 Å². The molecule has 21 heavy (non-hydrogen) atoms. The van der Waals surface area contributed by atoms with Gasteiger partial charge in [0.1, 0.15) is 6.10 Å². The van der Waals surface area contributed by atoms with Crippen molar-refractivity contribution in [2.45, 2.75) is 58.8 Å². The fourth-order valence-corrected chi connectivity index (χ4v) is 5.92. The summed E-state index contributed by atoms with van der Waals surface area (Å²) in [5, 5.41) is 0. The smallest absolute Gasteiger partial charge is 0.158 e. The molecule has 1 unspecified atom stereocenters. The van der Waals surface area contributed by atoms with Gasteiger partial charge in [0.15, 0.2) is 0 Å². The second kappa shape index (κ2) is 6.91. The summed E-state index contributed by atoms with van der Waals surface area (Å²) in [5.74, 6) is 0. The number of fused-ring (bicyclic) bond motifs is 2. The van der Waals surface area contributed by atoms with E-state index in [1.165, 1.54) is 26.0 Å². The minimum absolute atomic E-state index is 0.247. The Hall–Kier alpha value is -0.900. The van der Waals surface area contributed by atoms with Crippen LogP contribution in [0.1, 0.15) is 33.1 Å². The van der Waals surface area contributed by atoms with Crippen LogP contribution in [-0.4, -0.2) is 6.10 Å². The first-order valence-electron chi connectivity index (χ1n) is 7.60. The van der Waals surface area contributed by atoms with E-state index in [4.69, 9.17) is 4.18 Å². The highest BCUT2D eigenvalue weighted by molar-refractivity contribution is 8.02. The van der Waals surface area contributed by atoms with Gasteiger partial charge in [0.2, 0.25) is 21.0 Å². The largest absolute Gasteiger partial charge is 0.225 e. The highest BCUT2D eigenvalue weighted by Crippen LogP contribution is 2.46.